The molecule has 2 aromatic heterocycles. The monoisotopic (exact) mass is 513 g/mol. The number of pyridine rings is 1. The molecule has 5 nitrogen and oxygen atoms in total. The number of sulfonamides is 1. The van der Waals surface area contributed by atoms with Crippen LogP contribution in [0.1, 0.15) is 35.6 Å². The van der Waals surface area contributed by atoms with Crippen LogP contribution in [-0.4, -0.2) is 35.4 Å². The van der Waals surface area contributed by atoms with E-state index in [4.69, 9.17) is 0 Å². The first-order valence-corrected chi connectivity index (χ1v) is 14.0. The van der Waals surface area contributed by atoms with Gasteiger partial charge in [0.15, 0.2) is 0 Å². The average molecular weight is 514 g/mol. The van der Waals surface area contributed by atoms with Crippen molar-refractivity contribution in [2.24, 2.45) is 0 Å². The van der Waals surface area contributed by atoms with E-state index >= 15 is 0 Å². The van der Waals surface area contributed by atoms with Crippen LogP contribution in [0.3, 0.4) is 0 Å². The molecule has 1 aliphatic rings. The van der Waals surface area contributed by atoms with E-state index in [1.165, 1.54) is 28.8 Å². The van der Waals surface area contributed by atoms with Crippen molar-refractivity contribution < 1.29 is 12.8 Å². The highest BCUT2D eigenvalue weighted by atomic mass is 32.2. The van der Waals surface area contributed by atoms with E-state index in [2.05, 4.69) is 34.7 Å². The number of nitrogens with zero attached hydrogens (tertiary/aromatic N) is 3. The summed E-state index contributed by atoms with van der Waals surface area (Å²) in [7, 11) is -3.65. The Bertz CT molecular complexity index is 1700. The Morgan fingerprint density at radius 1 is 0.919 bits per heavy atom. The molecule has 0 radical (unpaired) electrons. The molecule has 0 aliphatic carbocycles. The number of halogens is 1. The number of hydrogen-bond acceptors (Lipinski definition) is 3. The fraction of sp³-hybridized carbons (Fsp3) is 0.233. The molecule has 5 aromatic rings. The van der Waals surface area contributed by atoms with Crippen LogP contribution in [0.15, 0.2) is 90.0 Å². The number of rotatable bonds is 5. The maximum atomic E-state index is 13.6. The predicted molar refractivity (Wildman–Crippen MR) is 145 cm³/mol. The van der Waals surface area contributed by atoms with Gasteiger partial charge in [0.25, 0.3) is 0 Å². The Morgan fingerprint density at radius 3 is 2.43 bits per heavy atom. The number of benzene rings is 3. The summed E-state index contributed by atoms with van der Waals surface area (Å²) in [6.45, 7) is 3.73. The number of piperidine rings is 1. The SMILES string of the molecule is Cc1c(C2CCN(S(=O)(=O)c3cccc4cccnc34)CC2)c2ccccc2n1Cc1ccc(F)cc1. The van der Waals surface area contributed by atoms with Gasteiger partial charge in [0.1, 0.15) is 10.7 Å². The number of fused-ring (bicyclic) bond motifs is 2. The molecule has 1 fully saturated rings. The molecule has 0 bridgehead atoms. The lowest BCUT2D eigenvalue weighted by atomic mass is 9.88. The van der Waals surface area contributed by atoms with Gasteiger partial charge in [-0.2, -0.15) is 4.31 Å². The molecular weight excluding hydrogens is 485 g/mol. The predicted octanol–water partition coefficient (Wildman–Crippen LogP) is 6.25. The zero-order valence-electron chi connectivity index (χ0n) is 20.6. The molecule has 1 saturated heterocycles. The Morgan fingerprint density at radius 2 is 1.65 bits per heavy atom. The summed E-state index contributed by atoms with van der Waals surface area (Å²) in [6, 6.07) is 24.1. The summed E-state index contributed by atoms with van der Waals surface area (Å²) < 4.78 is 44.6. The van der Waals surface area contributed by atoms with E-state index < -0.39 is 10.0 Å². The highest BCUT2D eigenvalue weighted by molar-refractivity contribution is 7.89. The second-order valence-electron chi connectivity index (χ2n) is 9.74. The first kappa shape index (κ1) is 23.8. The van der Waals surface area contributed by atoms with Gasteiger partial charge in [-0.05, 0) is 67.1 Å². The summed E-state index contributed by atoms with van der Waals surface area (Å²) in [4.78, 5) is 4.64. The fourth-order valence-corrected chi connectivity index (χ4v) is 7.39. The molecule has 6 rings (SSSR count). The molecule has 0 N–H and O–H groups in total. The van der Waals surface area contributed by atoms with Crippen molar-refractivity contribution in [2.75, 3.05) is 13.1 Å². The smallest absolute Gasteiger partial charge is 0.245 e. The highest BCUT2D eigenvalue weighted by Gasteiger charge is 2.33. The van der Waals surface area contributed by atoms with E-state index in [1.54, 1.807) is 22.6 Å². The van der Waals surface area contributed by atoms with Crippen molar-refractivity contribution in [3.63, 3.8) is 0 Å². The Hall–Kier alpha value is -3.55. The largest absolute Gasteiger partial charge is 0.340 e. The summed E-state index contributed by atoms with van der Waals surface area (Å²) in [5.41, 5.74) is 5.19. The van der Waals surface area contributed by atoms with Crippen LogP contribution >= 0.6 is 0 Å². The maximum Gasteiger partial charge on any atom is 0.245 e. The van der Waals surface area contributed by atoms with Crippen LogP contribution in [0.5, 0.6) is 0 Å². The van der Waals surface area contributed by atoms with Gasteiger partial charge >= 0.3 is 0 Å². The lowest BCUT2D eigenvalue weighted by molar-refractivity contribution is 0.320. The minimum atomic E-state index is -3.65. The van der Waals surface area contributed by atoms with Gasteiger partial charge in [-0.1, -0.05) is 48.5 Å². The third-order valence-electron chi connectivity index (χ3n) is 7.61. The van der Waals surface area contributed by atoms with Crippen molar-refractivity contribution >= 4 is 31.8 Å². The first-order chi connectivity index (χ1) is 17.9. The molecule has 0 unspecified atom stereocenters. The molecule has 1 aliphatic heterocycles. The van der Waals surface area contributed by atoms with Crippen molar-refractivity contribution in [3.05, 3.63) is 108 Å². The van der Waals surface area contributed by atoms with Crippen LogP contribution in [0.2, 0.25) is 0 Å². The molecule has 188 valence electrons. The third kappa shape index (κ3) is 4.22. The topological polar surface area (TPSA) is 55.2 Å². The second-order valence-corrected chi connectivity index (χ2v) is 11.6. The molecule has 0 spiro atoms. The molecule has 0 amide bonds. The Kier molecular flexibility index (Phi) is 6.05. The summed E-state index contributed by atoms with van der Waals surface area (Å²) in [5.74, 6) is 0.0241. The van der Waals surface area contributed by atoms with Gasteiger partial charge in [-0.15, -0.1) is 0 Å². The number of hydrogen-bond donors (Lipinski definition) is 0. The maximum absolute atomic E-state index is 13.6. The lowest BCUT2D eigenvalue weighted by Crippen LogP contribution is -2.38. The highest BCUT2D eigenvalue weighted by Crippen LogP contribution is 2.39. The van der Waals surface area contributed by atoms with Gasteiger partial charge in [-0.25, -0.2) is 12.8 Å². The molecular formula is C30H28FN3O2S. The summed E-state index contributed by atoms with van der Waals surface area (Å²) >= 11 is 0. The molecule has 3 aromatic carbocycles. The van der Waals surface area contributed by atoms with E-state index in [0.29, 0.717) is 25.2 Å². The van der Waals surface area contributed by atoms with Crippen LogP contribution in [0.4, 0.5) is 4.39 Å². The van der Waals surface area contributed by atoms with Gasteiger partial charge in [-0.3, -0.25) is 4.98 Å². The number of aromatic nitrogens is 2. The van der Waals surface area contributed by atoms with E-state index in [9.17, 15) is 12.8 Å². The van der Waals surface area contributed by atoms with Crippen LogP contribution in [0, 0.1) is 12.7 Å². The first-order valence-electron chi connectivity index (χ1n) is 12.6. The Labute approximate surface area is 216 Å². The lowest BCUT2D eigenvalue weighted by Gasteiger charge is -2.32. The standard InChI is InChI=1S/C30H28FN3O2S/c1-21-29(26-8-2-3-9-27(26)34(21)20-22-11-13-25(31)14-12-22)23-15-18-33(19-16-23)37(35,36)28-10-4-6-24-7-5-17-32-30(24)28/h2-14,17,23H,15-16,18-20H2,1H3. The van der Waals surface area contributed by atoms with Gasteiger partial charge in [0, 0.05) is 47.8 Å². The fourth-order valence-electron chi connectivity index (χ4n) is 5.76. The second kappa shape index (κ2) is 9.39. The van der Waals surface area contributed by atoms with Crippen LogP contribution in [0.25, 0.3) is 21.8 Å². The van der Waals surface area contributed by atoms with E-state index in [-0.39, 0.29) is 16.6 Å². The normalized spacial score (nSPS) is 15.5. The zero-order valence-corrected chi connectivity index (χ0v) is 21.5. The van der Waals surface area contributed by atoms with Crippen molar-refractivity contribution in [1.82, 2.24) is 13.9 Å². The molecule has 37 heavy (non-hydrogen) atoms. The van der Waals surface area contributed by atoms with Crippen LogP contribution < -0.4 is 0 Å². The zero-order chi connectivity index (χ0) is 25.6. The minimum Gasteiger partial charge on any atom is -0.340 e. The van der Waals surface area contributed by atoms with Crippen molar-refractivity contribution in [3.8, 4) is 0 Å². The molecule has 0 saturated carbocycles. The molecule has 3 heterocycles. The van der Waals surface area contributed by atoms with Crippen molar-refractivity contribution in [1.29, 1.82) is 0 Å². The van der Waals surface area contributed by atoms with Gasteiger partial charge in [0.05, 0.1) is 5.52 Å². The Balaban J connectivity index is 1.29. The molecule has 7 heteroatoms. The summed E-state index contributed by atoms with van der Waals surface area (Å²) in [5, 5.41) is 2.03. The van der Waals surface area contributed by atoms with Gasteiger partial charge < -0.3 is 4.57 Å². The minimum absolute atomic E-state index is 0.237. The summed E-state index contributed by atoms with van der Waals surface area (Å²) in [6.07, 6.45) is 3.14. The van der Waals surface area contributed by atoms with E-state index in [0.717, 1.165) is 29.3 Å². The quantitative estimate of drug-likeness (QED) is 0.279. The average Bonchev–Trinajstić information content (AvgIpc) is 3.20. The van der Waals surface area contributed by atoms with Crippen molar-refractivity contribution in [2.45, 2.75) is 37.1 Å². The van der Waals surface area contributed by atoms with Crippen LogP contribution in [-0.2, 0) is 16.6 Å². The van der Waals surface area contributed by atoms with Gasteiger partial charge in [0.2, 0.25) is 10.0 Å². The third-order valence-corrected chi connectivity index (χ3v) is 9.54. The number of para-hydroxylation sites is 2. The van der Waals surface area contributed by atoms with E-state index in [1.807, 2.05) is 36.4 Å². The molecule has 0 atom stereocenters.